The van der Waals surface area contributed by atoms with Gasteiger partial charge in [0.2, 0.25) is 0 Å². The van der Waals surface area contributed by atoms with Crippen LogP contribution in [-0.4, -0.2) is 29.5 Å². The fraction of sp³-hybridized carbons (Fsp3) is 0.600. The van der Waals surface area contributed by atoms with Gasteiger partial charge < -0.3 is 5.73 Å². The van der Waals surface area contributed by atoms with Crippen LogP contribution >= 0.6 is 0 Å². The fourth-order valence-corrected chi connectivity index (χ4v) is 1.62. The Bertz CT molecular complexity index is 470. The van der Waals surface area contributed by atoms with Crippen molar-refractivity contribution in [2.75, 3.05) is 0 Å². The van der Waals surface area contributed by atoms with Crippen molar-refractivity contribution in [1.29, 1.82) is 0 Å². The molecule has 2 aromatic rings. The van der Waals surface area contributed by atoms with Crippen LogP contribution in [0, 0.1) is 5.92 Å². The second-order valence-electron chi connectivity index (χ2n) is 4.29. The highest BCUT2D eigenvalue weighted by Crippen LogP contribution is 2.04. The van der Waals surface area contributed by atoms with Gasteiger partial charge in [-0.25, -0.2) is 19.3 Å². The van der Waals surface area contributed by atoms with Gasteiger partial charge in [-0.15, -0.1) is 0 Å². The molecule has 2 heterocycles. The maximum absolute atomic E-state index is 5.58. The van der Waals surface area contributed by atoms with E-state index in [9.17, 15) is 0 Å². The van der Waals surface area contributed by atoms with Gasteiger partial charge in [0.05, 0.1) is 6.54 Å². The summed E-state index contributed by atoms with van der Waals surface area (Å²) in [4.78, 5) is 8.32. The van der Waals surface area contributed by atoms with Crippen LogP contribution < -0.4 is 5.73 Å². The lowest BCUT2D eigenvalue weighted by molar-refractivity contribution is 0.454. The summed E-state index contributed by atoms with van der Waals surface area (Å²) in [6.45, 7) is 6.07. The number of aromatic nitrogens is 6. The number of hydrogen-bond donors (Lipinski definition) is 1. The molecular formula is C10H17N7. The van der Waals surface area contributed by atoms with Gasteiger partial charge in [-0.05, 0) is 5.92 Å². The second kappa shape index (κ2) is 5.05. The zero-order valence-corrected chi connectivity index (χ0v) is 10.1. The Morgan fingerprint density at radius 1 is 1.12 bits per heavy atom. The van der Waals surface area contributed by atoms with Gasteiger partial charge in [0, 0.05) is 6.54 Å². The fourth-order valence-electron chi connectivity index (χ4n) is 1.62. The van der Waals surface area contributed by atoms with Crippen LogP contribution in [0.1, 0.15) is 25.5 Å². The lowest BCUT2D eigenvalue weighted by atomic mass is 10.2. The topological polar surface area (TPSA) is 87.4 Å². The maximum Gasteiger partial charge on any atom is 0.148 e. The van der Waals surface area contributed by atoms with Crippen molar-refractivity contribution in [1.82, 2.24) is 29.5 Å². The molecule has 2 aromatic heterocycles. The van der Waals surface area contributed by atoms with E-state index in [4.69, 9.17) is 5.73 Å². The van der Waals surface area contributed by atoms with Gasteiger partial charge >= 0.3 is 0 Å². The van der Waals surface area contributed by atoms with Crippen molar-refractivity contribution in [2.24, 2.45) is 11.7 Å². The Balaban J connectivity index is 2.16. The summed E-state index contributed by atoms with van der Waals surface area (Å²) in [5.41, 5.74) is 5.58. The number of hydrogen-bond acceptors (Lipinski definition) is 5. The second-order valence-corrected chi connectivity index (χ2v) is 4.29. The third-order valence-electron chi connectivity index (χ3n) is 2.40. The molecule has 0 aliphatic rings. The number of rotatable bonds is 5. The molecule has 0 unspecified atom stereocenters. The Hall–Kier alpha value is -1.76. The molecule has 2 N–H and O–H groups in total. The number of nitrogens with zero attached hydrogens (tertiary/aromatic N) is 6. The average Bonchev–Trinajstić information content (AvgIpc) is 2.88. The largest absolute Gasteiger partial charge is 0.324 e. The molecule has 17 heavy (non-hydrogen) atoms. The van der Waals surface area contributed by atoms with E-state index in [2.05, 4.69) is 34.0 Å². The van der Waals surface area contributed by atoms with Crippen molar-refractivity contribution < 1.29 is 0 Å². The molecule has 0 saturated carbocycles. The van der Waals surface area contributed by atoms with E-state index in [1.54, 1.807) is 11.0 Å². The zero-order valence-electron chi connectivity index (χ0n) is 10.1. The first kappa shape index (κ1) is 11.7. The van der Waals surface area contributed by atoms with E-state index < -0.39 is 0 Å². The van der Waals surface area contributed by atoms with E-state index in [1.165, 1.54) is 6.33 Å². The molecule has 0 saturated heterocycles. The molecule has 7 nitrogen and oxygen atoms in total. The van der Waals surface area contributed by atoms with E-state index in [0.717, 1.165) is 18.2 Å². The Morgan fingerprint density at radius 2 is 1.76 bits per heavy atom. The van der Waals surface area contributed by atoms with E-state index in [-0.39, 0.29) is 0 Å². The minimum Gasteiger partial charge on any atom is -0.324 e. The van der Waals surface area contributed by atoms with E-state index >= 15 is 0 Å². The first-order chi connectivity index (χ1) is 8.20. The molecule has 0 radical (unpaired) electrons. The first-order valence-corrected chi connectivity index (χ1v) is 5.64. The molecule has 0 aliphatic heterocycles. The molecule has 0 bridgehead atoms. The molecule has 0 aromatic carbocycles. The van der Waals surface area contributed by atoms with Gasteiger partial charge in [-0.1, -0.05) is 13.8 Å². The first-order valence-electron chi connectivity index (χ1n) is 5.64. The summed E-state index contributed by atoms with van der Waals surface area (Å²) in [5, 5.41) is 8.33. The van der Waals surface area contributed by atoms with Gasteiger partial charge in [-0.2, -0.15) is 10.2 Å². The Kier molecular flexibility index (Phi) is 3.48. The van der Waals surface area contributed by atoms with Gasteiger partial charge in [-0.3, -0.25) is 0 Å². The summed E-state index contributed by atoms with van der Waals surface area (Å²) in [7, 11) is 0. The lowest BCUT2D eigenvalue weighted by Crippen LogP contribution is -2.16. The van der Waals surface area contributed by atoms with Crippen molar-refractivity contribution in [3.63, 3.8) is 0 Å². The Labute approximate surface area is 99.7 Å². The predicted octanol–water partition coefficient (Wildman–Crippen LogP) is 0.0326. The monoisotopic (exact) mass is 235 g/mol. The van der Waals surface area contributed by atoms with Crippen molar-refractivity contribution in [3.05, 3.63) is 24.3 Å². The summed E-state index contributed by atoms with van der Waals surface area (Å²) >= 11 is 0. The number of nitrogens with two attached hydrogens (primary N) is 1. The average molecular weight is 235 g/mol. The van der Waals surface area contributed by atoms with Gasteiger partial charge in [0.25, 0.3) is 0 Å². The van der Waals surface area contributed by atoms with Crippen LogP contribution in [0.4, 0.5) is 0 Å². The highest BCUT2D eigenvalue weighted by Gasteiger charge is 2.09. The highest BCUT2D eigenvalue weighted by atomic mass is 15.4. The molecular weight excluding hydrogens is 218 g/mol. The summed E-state index contributed by atoms with van der Waals surface area (Å²) in [6.07, 6.45) is 3.07. The minimum atomic E-state index is 0.373. The zero-order chi connectivity index (χ0) is 12.3. The van der Waals surface area contributed by atoms with Crippen LogP contribution in [0.2, 0.25) is 0 Å². The highest BCUT2D eigenvalue weighted by molar-refractivity contribution is 4.91. The van der Waals surface area contributed by atoms with Crippen molar-refractivity contribution in [3.8, 4) is 0 Å². The third kappa shape index (κ3) is 2.68. The van der Waals surface area contributed by atoms with E-state index in [1.807, 2.05) is 4.68 Å². The minimum absolute atomic E-state index is 0.373. The Morgan fingerprint density at radius 3 is 2.41 bits per heavy atom. The standard InChI is InChI=1S/C10H17N7/c1-8(2)4-16-10(13-7-14-16)5-17-9(3-11)12-6-15-17/h6-8H,3-5,11H2,1-2H3. The van der Waals surface area contributed by atoms with Gasteiger partial charge in [0.1, 0.15) is 30.8 Å². The van der Waals surface area contributed by atoms with Crippen molar-refractivity contribution in [2.45, 2.75) is 33.5 Å². The molecule has 0 aliphatic carbocycles. The summed E-state index contributed by atoms with van der Waals surface area (Å²) in [5.74, 6) is 2.16. The van der Waals surface area contributed by atoms with Crippen molar-refractivity contribution >= 4 is 0 Å². The normalized spacial score (nSPS) is 11.3. The predicted molar refractivity (Wildman–Crippen MR) is 61.9 cm³/mol. The molecule has 0 spiro atoms. The smallest absolute Gasteiger partial charge is 0.148 e. The molecule has 2 rings (SSSR count). The van der Waals surface area contributed by atoms with Crippen LogP contribution in [0.25, 0.3) is 0 Å². The quantitative estimate of drug-likeness (QED) is 0.790. The van der Waals surface area contributed by atoms with Crippen LogP contribution in [-0.2, 0) is 19.6 Å². The summed E-state index contributed by atoms with van der Waals surface area (Å²) < 4.78 is 3.65. The SMILES string of the molecule is CC(C)Cn1ncnc1Cn1ncnc1CN. The summed E-state index contributed by atoms with van der Waals surface area (Å²) in [6, 6.07) is 0. The molecule has 0 fully saturated rings. The lowest BCUT2D eigenvalue weighted by Gasteiger charge is -2.09. The van der Waals surface area contributed by atoms with Crippen LogP contribution in [0.15, 0.2) is 12.7 Å². The van der Waals surface area contributed by atoms with Crippen LogP contribution in [0.5, 0.6) is 0 Å². The van der Waals surface area contributed by atoms with Gasteiger partial charge in [0.15, 0.2) is 0 Å². The van der Waals surface area contributed by atoms with Crippen LogP contribution in [0.3, 0.4) is 0 Å². The molecule has 92 valence electrons. The van der Waals surface area contributed by atoms with E-state index in [0.29, 0.717) is 19.0 Å². The third-order valence-corrected chi connectivity index (χ3v) is 2.40. The molecule has 0 atom stereocenters. The molecule has 7 heteroatoms. The molecule has 0 amide bonds. The maximum atomic E-state index is 5.58.